The van der Waals surface area contributed by atoms with E-state index in [1.54, 1.807) is 12.3 Å². The van der Waals surface area contributed by atoms with Gasteiger partial charge in [0.1, 0.15) is 3.70 Å². The van der Waals surface area contributed by atoms with Crippen molar-refractivity contribution in [2.75, 3.05) is 0 Å². The molecule has 1 aliphatic rings. The topological polar surface area (TPSA) is 27.1 Å². The quantitative estimate of drug-likeness (QED) is 0.680. The summed E-state index contributed by atoms with van der Waals surface area (Å²) in [5.74, 6) is 0. The van der Waals surface area contributed by atoms with Crippen LogP contribution >= 0.6 is 34.2 Å². The first kappa shape index (κ1) is 7.42. The number of halogens is 2. The highest BCUT2D eigenvalue weighted by atomic mass is 127. The van der Waals surface area contributed by atoms with E-state index in [1.165, 1.54) is 0 Å². The number of allylic oxidation sites excluding steroid dienone is 1. The van der Waals surface area contributed by atoms with Crippen molar-refractivity contribution in [3.8, 4) is 6.01 Å². The van der Waals surface area contributed by atoms with Crippen LogP contribution in [0.3, 0.4) is 0 Å². The monoisotopic (exact) mass is 282 g/mol. The van der Waals surface area contributed by atoms with E-state index in [1.807, 2.05) is 4.57 Å². The Morgan fingerprint density at radius 2 is 2.55 bits per heavy atom. The molecule has 5 heteroatoms. The van der Waals surface area contributed by atoms with Gasteiger partial charge < -0.3 is 4.74 Å². The molecular weight excluding hydrogens is 278 g/mol. The molecule has 0 N–H and O–H groups in total. The van der Waals surface area contributed by atoms with Crippen molar-refractivity contribution in [2.45, 2.75) is 6.54 Å². The Bertz CT molecular complexity index is 320. The summed E-state index contributed by atoms with van der Waals surface area (Å²) in [5.41, 5.74) is 0. The molecule has 1 aromatic rings. The number of nitrogens with zero attached hydrogens (tertiary/aromatic N) is 2. The average Bonchev–Trinajstić information content (AvgIpc) is 2.32. The molecule has 0 amide bonds. The molecule has 3 nitrogen and oxygen atoms in total. The molecule has 58 valence electrons. The molecule has 0 aromatic carbocycles. The van der Waals surface area contributed by atoms with Gasteiger partial charge in [-0.3, -0.25) is 4.57 Å². The summed E-state index contributed by atoms with van der Waals surface area (Å²) in [5, 5.41) is 0.402. The van der Waals surface area contributed by atoms with Gasteiger partial charge in [-0.15, -0.1) is 0 Å². The molecule has 2 heterocycles. The summed E-state index contributed by atoms with van der Waals surface area (Å²) < 4.78 is 8.12. The highest BCUT2D eigenvalue weighted by Gasteiger charge is 2.13. The van der Waals surface area contributed by atoms with Crippen LogP contribution < -0.4 is 4.74 Å². The predicted octanol–water partition coefficient (Wildman–Crippen LogP) is 1.96. The van der Waals surface area contributed by atoms with Crippen LogP contribution in [0, 0.1) is 3.70 Å². The molecule has 0 unspecified atom stereocenters. The van der Waals surface area contributed by atoms with Gasteiger partial charge >= 0.3 is 6.01 Å². The molecule has 0 fully saturated rings. The minimum absolute atomic E-state index is 0.402. The number of hydrogen-bond donors (Lipinski definition) is 0. The smallest absolute Gasteiger partial charge is 0.303 e. The molecule has 2 rings (SSSR count). The highest BCUT2D eigenvalue weighted by Crippen LogP contribution is 2.22. The third-order valence-corrected chi connectivity index (χ3v) is 2.49. The lowest BCUT2D eigenvalue weighted by Gasteiger charge is -2.11. The summed E-state index contributed by atoms with van der Waals surface area (Å²) >= 11 is 7.83. The zero-order valence-electron chi connectivity index (χ0n) is 5.42. The number of hydrogen-bond acceptors (Lipinski definition) is 2. The molecule has 0 radical (unpaired) electrons. The van der Waals surface area contributed by atoms with Gasteiger partial charge in [-0.05, 0) is 40.3 Å². The SMILES string of the molecule is ClC1=CCn2c(I)cnc2O1. The number of ether oxygens (including phenoxy) is 1. The van der Waals surface area contributed by atoms with Gasteiger partial charge in [0.25, 0.3) is 0 Å². The Hall–Kier alpha value is -0.230. The van der Waals surface area contributed by atoms with Gasteiger partial charge in [0.05, 0.1) is 12.7 Å². The fourth-order valence-electron chi connectivity index (χ4n) is 0.878. The van der Waals surface area contributed by atoms with E-state index in [2.05, 4.69) is 27.6 Å². The van der Waals surface area contributed by atoms with Crippen LogP contribution in [0.4, 0.5) is 0 Å². The largest absolute Gasteiger partial charge is 0.413 e. The summed E-state index contributed by atoms with van der Waals surface area (Å²) in [4.78, 5) is 4.01. The Morgan fingerprint density at radius 3 is 3.36 bits per heavy atom. The lowest BCUT2D eigenvalue weighted by atomic mass is 10.5. The van der Waals surface area contributed by atoms with E-state index in [0.717, 1.165) is 10.2 Å². The summed E-state index contributed by atoms with van der Waals surface area (Å²) in [6.07, 6.45) is 3.55. The number of fused-ring (bicyclic) bond motifs is 1. The van der Waals surface area contributed by atoms with Crippen molar-refractivity contribution in [2.24, 2.45) is 0 Å². The van der Waals surface area contributed by atoms with E-state index in [4.69, 9.17) is 16.3 Å². The molecule has 0 saturated heterocycles. The molecule has 1 aromatic heterocycles. The highest BCUT2D eigenvalue weighted by molar-refractivity contribution is 14.1. The van der Waals surface area contributed by atoms with Crippen LogP contribution in [-0.4, -0.2) is 9.55 Å². The Morgan fingerprint density at radius 1 is 1.73 bits per heavy atom. The van der Waals surface area contributed by atoms with Crippen molar-refractivity contribution in [3.05, 3.63) is 21.2 Å². The summed E-state index contributed by atoms with van der Waals surface area (Å²) in [7, 11) is 0. The second-order valence-corrected chi connectivity index (χ2v) is 3.56. The van der Waals surface area contributed by atoms with Crippen LogP contribution in [0.15, 0.2) is 17.5 Å². The van der Waals surface area contributed by atoms with Crippen LogP contribution in [0.25, 0.3) is 0 Å². The molecule has 0 aliphatic carbocycles. The maximum absolute atomic E-state index is 5.64. The van der Waals surface area contributed by atoms with Gasteiger partial charge in [0.15, 0.2) is 5.22 Å². The van der Waals surface area contributed by atoms with Crippen molar-refractivity contribution in [1.82, 2.24) is 9.55 Å². The normalized spacial score (nSPS) is 15.3. The first-order chi connectivity index (χ1) is 5.27. The van der Waals surface area contributed by atoms with Crippen LogP contribution in [-0.2, 0) is 6.54 Å². The maximum atomic E-state index is 5.64. The molecule has 0 spiro atoms. The minimum atomic E-state index is 0.402. The lowest BCUT2D eigenvalue weighted by Crippen LogP contribution is -2.08. The van der Waals surface area contributed by atoms with E-state index in [9.17, 15) is 0 Å². The van der Waals surface area contributed by atoms with Crippen LogP contribution in [0.5, 0.6) is 6.01 Å². The second kappa shape index (κ2) is 2.67. The van der Waals surface area contributed by atoms with Crippen molar-refractivity contribution >= 4 is 34.2 Å². The third kappa shape index (κ3) is 1.24. The molecule has 11 heavy (non-hydrogen) atoms. The second-order valence-electron chi connectivity index (χ2n) is 2.08. The number of imidazole rings is 1. The third-order valence-electron chi connectivity index (χ3n) is 1.39. The first-order valence-electron chi connectivity index (χ1n) is 3.02. The fourth-order valence-corrected chi connectivity index (χ4v) is 1.56. The van der Waals surface area contributed by atoms with Crippen LogP contribution in [0.2, 0.25) is 0 Å². The van der Waals surface area contributed by atoms with Gasteiger partial charge in [-0.1, -0.05) is 0 Å². The molecule has 0 atom stereocenters. The van der Waals surface area contributed by atoms with Gasteiger partial charge in [-0.25, -0.2) is 4.98 Å². The standard InChI is InChI=1S/C6H4ClIN2O/c7-4-1-2-10-5(8)3-9-6(10)11-4/h1,3H,2H2. The van der Waals surface area contributed by atoms with Crippen molar-refractivity contribution in [3.63, 3.8) is 0 Å². The van der Waals surface area contributed by atoms with E-state index >= 15 is 0 Å². The van der Waals surface area contributed by atoms with Crippen molar-refractivity contribution in [1.29, 1.82) is 0 Å². The zero-order chi connectivity index (χ0) is 7.84. The van der Waals surface area contributed by atoms with Crippen molar-refractivity contribution < 1.29 is 4.74 Å². The Labute approximate surface area is 82.1 Å². The summed E-state index contributed by atoms with van der Waals surface area (Å²) in [6, 6.07) is 0.571. The molecule has 1 aliphatic heterocycles. The van der Waals surface area contributed by atoms with E-state index < -0.39 is 0 Å². The van der Waals surface area contributed by atoms with E-state index in [0.29, 0.717) is 11.2 Å². The van der Waals surface area contributed by atoms with Gasteiger partial charge in [0.2, 0.25) is 0 Å². The molecule has 0 saturated carbocycles. The average molecular weight is 282 g/mol. The predicted molar refractivity (Wildman–Crippen MR) is 49.5 cm³/mol. The minimum Gasteiger partial charge on any atom is -0.413 e. The Kier molecular flexibility index (Phi) is 1.80. The Balaban J connectivity index is 2.44. The van der Waals surface area contributed by atoms with E-state index in [-0.39, 0.29) is 0 Å². The van der Waals surface area contributed by atoms with Gasteiger partial charge in [-0.2, -0.15) is 0 Å². The lowest BCUT2D eigenvalue weighted by molar-refractivity contribution is 0.379. The first-order valence-corrected chi connectivity index (χ1v) is 4.47. The van der Waals surface area contributed by atoms with Crippen LogP contribution in [0.1, 0.15) is 0 Å². The fraction of sp³-hybridized carbons (Fsp3) is 0.167. The zero-order valence-corrected chi connectivity index (χ0v) is 8.33. The van der Waals surface area contributed by atoms with Gasteiger partial charge in [0, 0.05) is 0 Å². The molecular formula is C6H4ClIN2O. The molecule has 0 bridgehead atoms. The maximum Gasteiger partial charge on any atom is 0.303 e. The number of rotatable bonds is 0. The summed E-state index contributed by atoms with van der Waals surface area (Å²) in [6.45, 7) is 0.742. The number of aromatic nitrogens is 2.